The largest absolute Gasteiger partial charge is 0.309 e. The minimum Gasteiger partial charge on any atom is -0.309 e. The maximum absolute atomic E-state index is 2.41. The fraction of sp³-hybridized carbons (Fsp3) is 0.0345. The van der Waals surface area contributed by atoms with E-state index in [2.05, 4.69) is 121 Å². The van der Waals surface area contributed by atoms with E-state index in [0.29, 0.717) is 0 Å². The van der Waals surface area contributed by atoms with Gasteiger partial charge in [0.15, 0.2) is 0 Å². The number of aryl methyl sites for hydroxylation is 1. The molecule has 0 aliphatic carbocycles. The van der Waals surface area contributed by atoms with Gasteiger partial charge in [-0.25, -0.2) is 0 Å². The van der Waals surface area contributed by atoms with Crippen molar-refractivity contribution in [3.05, 3.63) is 115 Å². The van der Waals surface area contributed by atoms with E-state index in [1.54, 1.807) is 0 Å². The molecule has 0 unspecified atom stereocenters. The highest BCUT2D eigenvalue weighted by molar-refractivity contribution is 6.24. The van der Waals surface area contributed by atoms with Gasteiger partial charge in [0.2, 0.25) is 0 Å². The van der Waals surface area contributed by atoms with Crippen LogP contribution >= 0.6 is 0 Å². The van der Waals surface area contributed by atoms with Crippen molar-refractivity contribution in [1.82, 2.24) is 4.57 Å². The molecule has 1 heteroatoms. The molecule has 0 atom stereocenters. The first kappa shape index (κ1) is 17.1. The zero-order valence-corrected chi connectivity index (χ0v) is 16.8. The summed E-state index contributed by atoms with van der Waals surface area (Å²) in [4.78, 5) is 0. The number of nitrogens with zero attached hydrogens (tertiary/aromatic N) is 1. The van der Waals surface area contributed by atoms with Crippen molar-refractivity contribution in [1.29, 1.82) is 0 Å². The molecule has 0 saturated carbocycles. The number of fused-ring (bicyclic) bond motifs is 5. The molecule has 0 radical (unpaired) electrons. The summed E-state index contributed by atoms with van der Waals surface area (Å²) in [6.45, 7) is 2.17. The number of hydrogen-bond acceptors (Lipinski definition) is 0. The van der Waals surface area contributed by atoms with E-state index < -0.39 is 0 Å². The lowest BCUT2D eigenvalue weighted by molar-refractivity contribution is 1.18. The average molecular weight is 383 g/mol. The van der Waals surface area contributed by atoms with Gasteiger partial charge < -0.3 is 4.57 Å². The third-order valence-electron chi connectivity index (χ3n) is 6.03. The normalized spacial score (nSPS) is 11.5. The van der Waals surface area contributed by atoms with Gasteiger partial charge in [0.1, 0.15) is 0 Å². The second kappa shape index (κ2) is 6.60. The van der Waals surface area contributed by atoms with E-state index in [0.717, 1.165) is 0 Å². The predicted octanol–water partition coefficient (Wildman–Crippen LogP) is 7.91. The van der Waals surface area contributed by atoms with Gasteiger partial charge in [-0.1, -0.05) is 84.9 Å². The summed E-state index contributed by atoms with van der Waals surface area (Å²) in [5, 5.41) is 5.22. The van der Waals surface area contributed by atoms with Crippen molar-refractivity contribution in [3.8, 4) is 16.8 Å². The van der Waals surface area contributed by atoms with Crippen LogP contribution in [-0.2, 0) is 0 Å². The standard InChI is InChI=1S/C29H21N/c1-20-16-17-25-27(18-20)30(22-12-6-3-7-13-22)28-19-26(21-10-4-2-5-11-21)23-14-8-9-15-24(23)29(25)28/h2-19H,1H3. The summed E-state index contributed by atoms with van der Waals surface area (Å²) in [5.41, 5.74) is 7.49. The van der Waals surface area contributed by atoms with Gasteiger partial charge in [-0.15, -0.1) is 0 Å². The lowest BCUT2D eigenvalue weighted by Gasteiger charge is -2.12. The molecule has 0 bridgehead atoms. The molecule has 30 heavy (non-hydrogen) atoms. The molecule has 0 aliphatic rings. The molecule has 0 saturated heterocycles. The second-order valence-electron chi connectivity index (χ2n) is 7.92. The van der Waals surface area contributed by atoms with Crippen molar-refractivity contribution in [2.45, 2.75) is 6.92 Å². The summed E-state index contributed by atoms with van der Waals surface area (Å²) in [6.07, 6.45) is 0. The highest BCUT2D eigenvalue weighted by atomic mass is 15.0. The van der Waals surface area contributed by atoms with Crippen LogP contribution in [-0.4, -0.2) is 4.57 Å². The maximum Gasteiger partial charge on any atom is 0.0553 e. The Morgan fingerprint density at radius 3 is 1.97 bits per heavy atom. The summed E-state index contributed by atoms with van der Waals surface area (Å²) in [5.74, 6) is 0. The van der Waals surface area contributed by atoms with Crippen molar-refractivity contribution in [2.24, 2.45) is 0 Å². The van der Waals surface area contributed by atoms with Crippen LogP contribution in [0.15, 0.2) is 109 Å². The fourth-order valence-corrected chi connectivity index (χ4v) is 4.70. The van der Waals surface area contributed by atoms with Crippen molar-refractivity contribution in [2.75, 3.05) is 0 Å². The Kier molecular flexibility index (Phi) is 3.75. The minimum atomic E-state index is 1.19. The number of hydrogen-bond donors (Lipinski definition) is 0. The van der Waals surface area contributed by atoms with Crippen molar-refractivity contribution < 1.29 is 0 Å². The van der Waals surface area contributed by atoms with E-state index in [1.807, 2.05) is 0 Å². The van der Waals surface area contributed by atoms with Crippen molar-refractivity contribution in [3.63, 3.8) is 0 Å². The Balaban J connectivity index is 1.87. The molecule has 0 aliphatic heterocycles. The van der Waals surface area contributed by atoms with Gasteiger partial charge in [-0.05, 0) is 58.7 Å². The van der Waals surface area contributed by atoms with Crippen molar-refractivity contribution >= 4 is 32.6 Å². The van der Waals surface area contributed by atoms with E-state index in [9.17, 15) is 0 Å². The highest BCUT2D eigenvalue weighted by Gasteiger charge is 2.17. The molecule has 142 valence electrons. The number of aromatic nitrogens is 1. The summed E-state index contributed by atoms with van der Waals surface area (Å²) in [7, 11) is 0. The van der Waals surface area contributed by atoms with E-state index >= 15 is 0 Å². The smallest absolute Gasteiger partial charge is 0.0553 e. The molecule has 0 spiro atoms. The molecule has 0 N–H and O–H groups in total. The molecule has 0 fully saturated rings. The third kappa shape index (κ3) is 2.49. The molecule has 5 aromatic carbocycles. The summed E-state index contributed by atoms with van der Waals surface area (Å²) in [6, 6.07) is 39.4. The van der Waals surface area contributed by atoms with Crippen LogP contribution in [0.4, 0.5) is 0 Å². The number of benzene rings is 5. The molecule has 1 heterocycles. The quantitative estimate of drug-likeness (QED) is 0.286. The van der Waals surface area contributed by atoms with Gasteiger partial charge in [0.05, 0.1) is 11.0 Å². The molecule has 6 rings (SSSR count). The highest BCUT2D eigenvalue weighted by Crippen LogP contribution is 2.41. The number of rotatable bonds is 2. The Bertz CT molecular complexity index is 1520. The lowest BCUT2D eigenvalue weighted by atomic mass is 9.95. The van der Waals surface area contributed by atoms with E-state index in [-0.39, 0.29) is 0 Å². The predicted molar refractivity (Wildman–Crippen MR) is 128 cm³/mol. The molecule has 1 aromatic heterocycles. The maximum atomic E-state index is 2.41. The molecule has 6 aromatic rings. The van der Waals surface area contributed by atoms with Crippen LogP contribution in [0.5, 0.6) is 0 Å². The van der Waals surface area contributed by atoms with E-state index in [4.69, 9.17) is 0 Å². The Morgan fingerprint density at radius 2 is 1.20 bits per heavy atom. The molecule has 0 amide bonds. The molecule has 1 nitrogen and oxygen atoms in total. The zero-order valence-electron chi connectivity index (χ0n) is 16.8. The van der Waals surface area contributed by atoms with Crippen LogP contribution in [0, 0.1) is 6.92 Å². The van der Waals surface area contributed by atoms with Gasteiger partial charge in [-0.3, -0.25) is 0 Å². The summed E-state index contributed by atoms with van der Waals surface area (Å²) >= 11 is 0. The Labute approximate surface area is 175 Å². The second-order valence-corrected chi connectivity index (χ2v) is 7.92. The Hall–Kier alpha value is -3.84. The molecular formula is C29H21N. The zero-order chi connectivity index (χ0) is 20.1. The van der Waals surface area contributed by atoms with Crippen LogP contribution in [0.25, 0.3) is 49.4 Å². The van der Waals surface area contributed by atoms with Crippen LogP contribution in [0.2, 0.25) is 0 Å². The summed E-state index contributed by atoms with van der Waals surface area (Å²) < 4.78 is 2.41. The van der Waals surface area contributed by atoms with Crippen LogP contribution < -0.4 is 0 Å². The molecular weight excluding hydrogens is 362 g/mol. The first-order valence-corrected chi connectivity index (χ1v) is 10.4. The number of para-hydroxylation sites is 1. The monoisotopic (exact) mass is 383 g/mol. The van der Waals surface area contributed by atoms with Crippen LogP contribution in [0.1, 0.15) is 5.56 Å². The van der Waals surface area contributed by atoms with Gasteiger partial charge >= 0.3 is 0 Å². The first-order valence-electron chi connectivity index (χ1n) is 10.4. The topological polar surface area (TPSA) is 4.93 Å². The average Bonchev–Trinajstić information content (AvgIpc) is 3.13. The lowest BCUT2D eigenvalue weighted by Crippen LogP contribution is -1.94. The van der Waals surface area contributed by atoms with Gasteiger partial charge in [0, 0.05) is 16.5 Å². The Morgan fingerprint density at radius 1 is 0.533 bits per heavy atom. The van der Waals surface area contributed by atoms with Crippen LogP contribution in [0.3, 0.4) is 0 Å². The SMILES string of the molecule is Cc1ccc2c3c4ccccc4c(-c4ccccc4)cc3n(-c3ccccc3)c2c1. The van der Waals surface area contributed by atoms with Gasteiger partial charge in [0.25, 0.3) is 0 Å². The fourth-order valence-electron chi connectivity index (χ4n) is 4.70. The minimum absolute atomic E-state index is 1.19. The third-order valence-corrected chi connectivity index (χ3v) is 6.03. The van der Waals surface area contributed by atoms with Gasteiger partial charge in [-0.2, -0.15) is 0 Å². The first-order chi connectivity index (χ1) is 14.8. The van der Waals surface area contributed by atoms with E-state index in [1.165, 1.54) is 55.0 Å².